The molecule has 1 N–H and O–H groups in total. The number of amides is 1. The summed E-state index contributed by atoms with van der Waals surface area (Å²) in [6.45, 7) is 0. The van der Waals surface area contributed by atoms with Crippen LogP contribution < -0.4 is 15.6 Å². The Hall–Kier alpha value is -2.36. The van der Waals surface area contributed by atoms with Gasteiger partial charge < -0.3 is 10.1 Å². The summed E-state index contributed by atoms with van der Waals surface area (Å²) in [6, 6.07) is 4.53. The van der Waals surface area contributed by atoms with E-state index in [2.05, 4.69) is 31.1 Å². The predicted molar refractivity (Wildman–Crippen MR) is 78.3 cm³/mol. The van der Waals surface area contributed by atoms with E-state index in [9.17, 15) is 22.8 Å². The Morgan fingerprint density at radius 2 is 1.91 bits per heavy atom. The molecule has 0 spiro atoms. The smallest absolute Gasteiger partial charge is 0.406 e. The molecular formula is C13H9BrF3N3O3. The lowest BCUT2D eigenvalue weighted by atomic mass is 10.2. The topological polar surface area (TPSA) is 73.2 Å². The molecule has 1 aromatic carbocycles. The van der Waals surface area contributed by atoms with Crippen LogP contribution >= 0.6 is 15.9 Å². The van der Waals surface area contributed by atoms with Gasteiger partial charge in [0.05, 0.1) is 10.7 Å². The summed E-state index contributed by atoms with van der Waals surface area (Å²) in [4.78, 5) is 24.0. The summed E-state index contributed by atoms with van der Waals surface area (Å²) >= 11 is 3.06. The third-order valence-corrected chi connectivity index (χ3v) is 3.26. The number of hydrogen-bond donors (Lipinski definition) is 1. The van der Waals surface area contributed by atoms with E-state index in [1.165, 1.54) is 25.4 Å². The average molecular weight is 392 g/mol. The number of halogens is 4. The molecule has 2 rings (SSSR count). The van der Waals surface area contributed by atoms with Crippen molar-refractivity contribution < 1.29 is 22.7 Å². The van der Waals surface area contributed by atoms with Crippen molar-refractivity contribution in [3.63, 3.8) is 0 Å². The normalized spacial score (nSPS) is 11.2. The third kappa shape index (κ3) is 4.31. The zero-order valence-corrected chi connectivity index (χ0v) is 13.1. The van der Waals surface area contributed by atoms with Crippen LogP contribution in [0.25, 0.3) is 0 Å². The Bertz CT molecular complexity index is 788. The Kier molecular flexibility index (Phi) is 4.73. The lowest BCUT2D eigenvalue weighted by Crippen LogP contribution is -2.29. The van der Waals surface area contributed by atoms with Gasteiger partial charge in [-0.2, -0.15) is 5.10 Å². The Balaban J connectivity index is 2.18. The van der Waals surface area contributed by atoms with Gasteiger partial charge in [0.1, 0.15) is 11.3 Å². The van der Waals surface area contributed by atoms with E-state index in [1.54, 1.807) is 0 Å². The largest absolute Gasteiger partial charge is 0.573 e. The number of aryl methyl sites for hydroxylation is 1. The first kappa shape index (κ1) is 17.0. The van der Waals surface area contributed by atoms with E-state index in [0.29, 0.717) is 0 Å². The van der Waals surface area contributed by atoms with Crippen LogP contribution in [0.5, 0.6) is 5.75 Å². The van der Waals surface area contributed by atoms with Gasteiger partial charge in [0.15, 0.2) is 0 Å². The van der Waals surface area contributed by atoms with Crippen molar-refractivity contribution in [3.8, 4) is 5.75 Å². The average Bonchev–Trinajstić information content (AvgIpc) is 2.44. The van der Waals surface area contributed by atoms with Gasteiger partial charge in [-0.3, -0.25) is 9.59 Å². The fraction of sp³-hybridized carbons (Fsp3) is 0.154. The molecule has 0 aliphatic carbocycles. The van der Waals surface area contributed by atoms with E-state index in [0.717, 1.165) is 16.8 Å². The zero-order valence-electron chi connectivity index (χ0n) is 11.5. The van der Waals surface area contributed by atoms with Crippen LogP contribution in [0.1, 0.15) is 10.4 Å². The van der Waals surface area contributed by atoms with Crippen LogP contribution in [0, 0.1) is 0 Å². The fourth-order valence-corrected chi connectivity index (χ4v) is 2.10. The van der Waals surface area contributed by atoms with E-state index in [4.69, 9.17) is 0 Å². The first-order chi connectivity index (χ1) is 10.7. The zero-order chi connectivity index (χ0) is 17.2. The Morgan fingerprint density at radius 3 is 2.48 bits per heavy atom. The summed E-state index contributed by atoms with van der Waals surface area (Å²) < 4.78 is 41.1. The minimum absolute atomic E-state index is 0.168. The van der Waals surface area contributed by atoms with Crippen LogP contribution in [0.4, 0.5) is 18.9 Å². The van der Waals surface area contributed by atoms with Crippen LogP contribution in [0.15, 0.2) is 39.7 Å². The molecule has 0 bridgehead atoms. The molecule has 1 heterocycles. The molecule has 6 nitrogen and oxygen atoms in total. The molecule has 0 saturated carbocycles. The number of rotatable bonds is 3. The highest BCUT2D eigenvalue weighted by atomic mass is 79.9. The van der Waals surface area contributed by atoms with Crippen molar-refractivity contribution in [3.05, 3.63) is 50.9 Å². The molecule has 0 aliphatic heterocycles. The number of hydrogen-bond acceptors (Lipinski definition) is 4. The number of nitrogens with one attached hydrogen (secondary N) is 1. The Morgan fingerprint density at radius 1 is 1.30 bits per heavy atom. The number of nitrogens with zero attached hydrogens (tertiary/aromatic N) is 2. The molecule has 0 radical (unpaired) electrons. The molecule has 0 aliphatic rings. The maximum absolute atomic E-state index is 12.1. The highest BCUT2D eigenvalue weighted by Gasteiger charge is 2.31. The number of aromatic nitrogens is 2. The minimum atomic E-state index is -4.79. The molecule has 1 aromatic heterocycles. The quantitative estimate of drug-likeness (QED) is 0.872. The molecule has 10 heteroatoms. The molecule has 0 unspecified atom stereocenters. The number of carbonyl (C=O) groups excluding carboxylic acids is 1. The third-order valence-electron chi connectivity index (χ3n) is 2.66. The van der Waals surface area contributed by atoms with Crippen LogP contribution in [-0.4, -0.2) is 22.1 Å². The predicted octanol–water partition coefficient (Wildman–Crippen LogP) is 2.69. The molecule has 122 valence electrons. The number of ether oxygens (including phenoxy) is 1. The maximum Gasteiger partial charge on any atom is 0.573 e. The highest BCUT2D eigenvalue weighted by molar-refractivity contribution is 9.10. The summed E-state index contributed by atoms with van der Waals surface area (Å²) in [6.07, 6.45) is -3.50. The fourth-order valence-electron chi connectivity index (χ4n) is 1.66. The van der Waals surface area contributed by atoms with Crippen molar-refractivity contribution in [2.24, 2.45) is 7.05 Å². The number of benzene rings is 1. The first-order valence-electron chi connectivity index (χ1n) is 6.06. The molecule has 0 atom stereocenters. The second kappa shape index (κ2) is 6.41. The van der Waals surface area contributed by atoms with Crippen LogP contribution in [-0.2, 0) is 7.05 Å². The van der Waals surface area contributed by atoms with E-state index < -0.39 is 23.6 Å². The van der Waals surface area contributed by atoms with Crippen LogP contribution in [0.2, 0.25) is 0 Å². The van der Waals surface area contributed by atoms with Crippen molar-refractivity contribution in [1.82, 2.24) is 9.78 Å². The summed E-state index contributed by atoms with van der Waals surface area (Å²) in [5.41, 5.74) is -0.581. The number of carbonyl (C=O) groups is 1. The molecule has 1 amide bonds. The van der Waals surface area contributed by atoms with Crippen molar-refractivity contribution in [1.29, 1.82) is 0 Å². The van der Waals surface area contributed by atoms with E-state index >= 15 is 0 Å². The summed E-state index contributed by atoms with van der Waals surface area (Å²) in [7, 11) is 1.38. The molecule has 2 aromatic rings. The van der Waals surface area contributed by atoms with Gasteiger partial charge in [0.25, 0.3) is 11.5 Å². The molecule has 0 saturated heterocycles. The first-order valence-corrected chi connectivity index (χ1v) is 6.85. The van der Waals surface area contributed by atoms with Gasteiger partial charge in [-0.15, -0.1) is 13.2 Å². The summed E-state index contributed by atoms with van der Waals surface area (Å²) in [5, 5.41) is 6.14. The molecular weight excluding hydrogens is 383 g/mol. The SMILES string of the molecule is Cn1ncc(Br)c(C(=O)Nc2ccc(OC(F)(F)F)cc2)c1=O. The standard InChI is InChI=1S/C13H9BrF3N3O3/c1-20-12(22)10(9(14)6-18-20)11(21)19-7-2-4-8(5-3-7)23-13(15,16)17/h2-6H,1H3,(H,19,21). The summed E-state index contributed by atoms with van der Waals surface area (Å²) in [5.74, 6) is -1.14. The monoisotopic (exact) mass is 391 g/mol. The van der Waals surface area contributed by atoms with Crippen molar-refractivity contribution >= 4 is 27.5 Å². The second-order valence-corrected chi connectivity index (χ2v) is 5.18. The van der Waals surface area contributed by atoms with E-state index in [-0.39, 0.29) is 15.7 Å². The van der Waals surface area contributed by atoms with Gasteiger partial charge >= 0.3 is 6.36 Å². The number of alkyl halides is 3. The minimum Gasteiger partial charge on any atom is -0.406 e. The van der Waals surface area contributed by atoms with Crippen molar-refractivity contribution in [2.75, 3.05) is 5.32 Å². The highest BCUT2D eigenvalue weighted by Crippen LogP contribution is 2.24. The molecule has 0 fully saturated rings. The second-order valence-electron chi connectivity index (χ2n) is 4.32. The van der Waals surface area contributed by atoms with E-state index in [1.807, 2.05) is 0 Å². The van der Waals surface area contributed by atoms with Gasteiger partial charge in [-0.05, 0) is 40.2 Å². The van der Waals surface area contributed by atoms with Gasteiger partial charge in [0.2, 0.25) is 0 Å². The lowest BCUT2D eigenvalue weighted by molar-refractivity contribution is -0.274. The molecule has 23 heavy (non-hydrogen) atoms. The maximum atomic E-state index is 12.1. The van der Waals surface area contributed by atoms with Gasteiger partial charge in [0, 0.05) is 12.7 Å². The lowest BCUT2D eigenvalue weighted by Gasteiger charge is -2.10. The van der Waals surface area contributed by atoms with Gasteiger partial charge in [-0.25, -0.2) is 4.68 Å². The van der Waals surface area contributed by atoms with Crippen LogP contribution in [0.3, 0.4) is 0 Å². The Labute approximate surface area is 136 Å². The number of anilines is 1. The van der Waals surface area contributed by atoms with Gasteiger partial charge in [-0.1, -0.05) is 0 Å². The van der Waals surface area contributed by atoms with Crippen molar-refractivity contribution in [2.45, 2.75) is 6.36 Å².